The molecular weight excluding hydrogens is 268 g/mol. The third-order valence-corrected chi connectivity index (χ3v) is 3.88. The molecule has 1 fully saturated rings. The predicted octanol–water partition coefficient (Wildman–Crippen LogP) is 1.26. The number of anilines is 1. The second-order valence-electron chi connectivity index (χ2n) is 5.60. The number of hydrogen-bond donors (Lipinski definition) is 2. The van der Waals surface area contributed by atoms with Crippen LogP contribution in [-0.4, -0.2) is 31.7 Å². The van der Waals surface area contributed by atoms with Gasteiger partial charge in [-0.15, -0.1) is 5.10 Å². The number of carbonyl (C=O) groups is 1. The number of carbonyl (C=O) groups excluding carboxylic acids is 1. The number of benzene rings is 1. The van der Waals surface area contributed by atoms with E-state index in [0.717, 1.165) is 37.1 Å². The van der Waals surface area contributed by atoms with E-state index in [1.807, 2.05) is 24.3 Å². The van der Waals surface area contributed by atoms with Gasteiger partial charge in [-0.3, -0.25) is 4.79 Å². The number of hydrogen-bond acceptors (Lipinski definition) is 5. The van der Waals surface area contributed by atoms with Crippen molar-refractivity contribution in [1.29, 1.82) is 0 Å². The van der Waals surface area contributed by atoms with Gasteiger partial charge in [-0.2, -0.15) is 0 Å². The van der Waals surface area contributed by atoms with Gasteiger partial charge in [0.05, 0.1) is 5.69 Å². The van der Waals surface area contributed by atoms with E-state index < -0.39 is 0 Å². The lowest BCUT2D eigenvalue weighted by atomic mass is 9.94. The molecule has 7 heteroatoms. The SMILES string of the molecule is NC1(CC(=O)Nc2ccc(-n3cnnn3)cc2)CCCC1. The predicted molar refractivity (Wildman–Crippen MR) is 77.8 cm³/mol. The largest absolute Gasteiger partial charge is 0.326 e. The Hall–Kier alpha value is -2.28. The molecule has 0 bridgehead atoms. The lowest BCUT2D eigenvalue weighted by Crippen LogP contribution is -2.40. The molecule has 1 aromatic carbocycles. The van der Waals surface area contributed by atoms with Crippen LogP contribution in [0.4, 0.5) is 5.69 Å². The van der Waals surface area contributed by atoms with Crippen LogP contribution in [0.1, 0.15) is 32.1 Å². The van der Waals surface area contributed by atoms with E-state index in [9.17, 15) is 4.79 Å². The molecule has 3 rings (SSSR count). The highest BCUT2D eigenvalue weighted by atomic mass is 16.1. The zero-order valence-electron chi connectivity index (χ0n) is 11.7. The third-order valence-electron chi connectivity index (χ3n) is 3.88. The smallest absolute Gasteiger partial charge is 0.226 e. The fourth-order valence-corrected chi connectivity index (χ4v) is 2.76. The molecule has 1 aromatic heterocycles. The summed E-state index contributed by atoms with van der Waals surface area (Å²) in [4.78, 5) is 12.1. The molecule has 0 saturated heterocycles. The van der Waals surface area contributed by atoms with Crippen molar-refractivity contribution in [3.8, 4) is 5.69 Å². The average Bonchev–Trinajstić information content (AvgIpc) is 3.11. The Balaban J connectivity index is 1.61. The Kier molecular flexibility index (Phi) is 3.66. The molecule has 110 valence electrons. The maximum Gasteiger partial charge on any atom is 0.226 e. The lowest BCUT2D eigenvalue weighted by molar-refractivity contribution is -0.117. The molecular formula is C14H18N6O. The maximum absolute atomic E-state index is 12.1. The van der Waals surface area contributed by atoms with Crippen molar-refractivity contribution in [2.45, 2.75) is 37.6 Å². The van der Waals surface area contributed by atoms with Crippen LogP contribution in [0.25, 0.3) is 5.69 Å². The molecule has 0 spiro atoms. The Morgan fingerprint density at radius 3 is 2.62 bits per heavy atom. The van der Waals surface area contributed by atoms with E-state index in [1.165, 1.54) is 6.33 Å². The van der Waals surface area contributed by atoms with Crippen LogP contribution in [0.15, 0.2) is 30.6 Å². The summed E-state index contributed by atoms with van der Waals surface area (Å²) < 4.78 is 1.55. The molecule has 1 aliphatic carbocycles. The minimum atomic E-state index is -0.323. The fraction of sp³-hybridized carbons (Fsp3) is 0.429. The molecule has 21 heavy (non-hydrogen) atoms. The summed E-state index contributed by atoms with van der Waals surface area (Å²) in [5.41, 5.74) is 7.48. The highest BCUT2D eigenvalue weighted by molar-refractivity contribution is 5.91. The van der Waals surface area contributed by atoms with Gasteiger partial charge in [0.1, 0.15) is 6.33 Å². The molecule has 7 nitrogen and oxygen atoms in total. The summed E-state index contributed by atoms with van der Waals surface area (Å²) in [5.74, 6) is -0.0328. The fourth-order valence-electron chi connectivity index (χ4n) is 2.76. The minimum absolute atomic E-state index is 0.0328. The molecule has 1 saturated carbocycles. The van der Waals surface area contributed by atoms with Gasteiger partial charge >= 0.3 is 0 Å². The first kappa shape index (κ1) is 13.7. The monoisotopic (exact) mass is 286 g/mol. The topological polar surface area (TPSA) is 98.7 Å². The lowest BCUT2D eigenvalue weighted by Gasteiger charge is -2.22. The van der Waals surface area contributed by atoms with Crippen LogP contribution >= 0.6 is 0 Å². The molecule has 0 atom stereocenters. The van der Waals surface area contributed by atoms with Crippen molar-refractivity contribution in [2.75, 3.05) is 5.32 Å². The van der Waals surface area contributed by atoms with Crippen molar-refractivity contribution in [3.63, 3.8) is 0 Å². The van der Waals surface area contributed by atoms with Gasteiger partial charge in [0, 0.05) is 17.6 Å². The number of nitrogens with one attached hydrogen (secondary N) is 1. The van der Waals surface area contributed by atoms with Gasteiger partial charge in [0.15, 0.2) is 0 Å². The first-order valence-electron chi connectivity index (χ1n) is 7.07. The molecule has 0 radical (unpaired) electrons. The Morgan fingerprint density at radius 1 is 1.29 bits per heavy atom. The highest BCUT2D eigenvalue weighted by Gasteiger charge is 2.31. The van der Waals surface area contributed by atoms with Crippen LogP contribution in [-0.2, 0) is 4.79 Å². The van der Waals surface area contributed by atoms with Crippen LogP contribution < -0.4 is 11.1 Å². The van der Waals surface area contributed by atoms with Crippen molar-refractivity contribution < 1.29 is 4.79 Å². The van der Waals surface area contributed by atoms with E-state index in [1.54, 1.807) is 4.68 Å². The summed E-state index contributed by atoms with van der Waals surface area (Å²) in [6.45, 7) is 0. The van der Waals surface area contributed by atoms with Crippen LogP contribution in [0, 0.1) is 0 Å². The summed E-state index contributed by atoms with van der Waals surface area (Å²) >= 11 is 0. The Bertz CT molecular complexity index is 601. The van der Waals surface area contributed by atoms with E-state index in [0.29, 0.717) is 6.42 Å². The molecule has 1 aliphatic rings. The molecule has 3 N–H and O–H groups in total. The first-order valence-corrected chi connectivity index (χ1v) is 7.07. The standard InChI is InChI=1S/C14H18N6O/c15-14(7-1-2-8-14)9-13(21)17-11-3-5-12(6-4-11)20-10-16-18-19-20/h3-6,10H,1-2,7-9,15H2,(H,17,21). The molecule has 0 aliphatic heterocycles. The molecule has 1 heterocycles. The normalized spacial score (nSPS) is 16.8. The van der Waals surface area contributed by atoms with Gasteiger partial charge in [-0.25, -0.2) is 4.68 Å². The van der Waals surface area contributed by atoms with Crippen molar-refractivity contribution in [2.24, 2.45) is 5.73 Å². The highest BCUT2D eigenvalue weighted by Crippen LogP contribution is 2.30. The van der Waals surface area contributed by atoms with E-state index >= 15 is 0 Å². The number of nitrogens with zero attached hydrogens (tertiary/aromatic N) is 4. The summed E-state index contributed by atoms with van der Waals surface area (Å²) in [5, 5.41) is 13.9. The third kappa shape index (κ3) is 3.25. The van der Waals surface area contributed by atoms with Gasteiger partial charge in [-0.05, 0) is 47.5 Å². The van der Waals surface area contributed by atoms with Crippen LogP contribution in [0.2, 0.25) is 0 Å². The number of nitrogens with two attached hydrogens (primary N) is 1. The minimum Gasteiger partial charge on any atom is -0.326 e. The number of aromatic nitrogens is 4. The quantitative estimate of drug-likeness (QED) is 0.881. The second-order valence-corrected chi connectivity index (χ2v) is 5.60. The second kappa shape index (κ2) is 5.61. The zero-order valence-corrected chi connectivity index (χ0v) is 11.7. The van der Waals surface area contributed by atoms with E-state index in [-0.39, 0.29) is 11.4 Å². The maximum atomic E-state index is 12.1. The Morgan fingerprint density at radius 2 is 2.00 bits per heavy atom. The summed E-state index contributed by atoms with van der Waals surface area (Å²) in [6.07, 6.45) is 5.99. The Labute approximate surface area is 122 Å². The summed E-state index contributed by atoms with van der Waals surface area (Å²) in [6, 6.07) is 7.35. The van der Waals surface area contributed by atoms with Crippen LogP contribution in [0.3, 0.4) is 0 Å². The first-order chi connectivity index (χ1) is 10.1. The van der Waals surface area contributed by atoms with Crippen LogP contribution in [0.5, 0.6) is 0 Å². The van der Waals surface area contributed by atoms with Crippen molar-refractivity contribution in [1.82, 2.24) is 20.2 Å². The van der Waals surface area contributed by atoms with Gasteiger partial charge < -0.3 is 11.1 Å². The zero-order chi connectivity index (χ0) is 14.7. The molecule has 0 unspecified atom stereocenters. The van der Waals surface area contributed by atoms with Gasteiger partial charge in [0.25, 0.3) is 0 Å². The molecule has 1 amide bonds. The van der Waals surface area contributed by atoms with Gasteiger partial charge in [0.2, 0.25) is 5.91 Å². The van der Waals surface area contributed by atoms with Crippen molar-refractivity contribution in [3.05, 3.63) is 30.6 Å². The van der Waals surface area contributed by atoms with Crippen molar-refractivity contribution >= 4 is 11.6 Å². The van der Waals surface area contributed by atoms with E-state index in [4.69, 9.17) is 5.73 Å². The summed E-state index contributed by atoms with van der Waals surface area (Å²) in [7, 11) is 0. The molecule has 2 aromatic rings. The average molecular weight is 286 g/mol. The number of rotatable bonds is 4. The number of tetrazole rings is 1. The van der Waals surface area contributed by atoms with E-state index in [2.05, 4.69) is 20.8 Å². The number of amides is 1. The van der Waals surface area contributed by atoms with Gasteiger partial charge in [-0.1, -0.05) is 12.8 Å².